The average molecular weight is 369 g/mol. The fourth-order valence-electron chi connectivity index (χ4n) is 2.26. The minimum atomic E-state index is -0.769. The fourth-order valence-corrected chi connectivity index (χ4v) is 2.26. The first-order valence-electron chi connectivity index (χ1n) is 7.71. The summed E-state index contributed by atoms with van der Waals surface area (Å²) in [4.78, 5) is 31.5. The number of anilines is 1. The van der Waals surface area contributed by atoms with E-state index in [1.165, 1.54) is 20.3 Å². The van der Waals surface area contributed by atoms with Crippen molar-refractivity contribution in [3.05, 3.63) is 48.3 Å². The quantitative estimate of drug-likeness (QED) is 0.514. The SMILES string of the molecule is COC(=O)/C=C(/Nc1ccc(-c2nc3ncccc3o2)c(O)c1)C(=O)OC. The largest absolute Gasteiger partial charge is 0.507 e. The predicted molar refractivity (Wildman–Crippen MR) is 94.6 cm³/mol. The highest BCUT2D eigenvalue weighted by Crippen LogP contribution is 2.33. The number of rotatable bonds is 5. The molecule has 0 aliphatic carbocycles. The molecule has 0 spiro atoms. The lowest BCUT2D eigenvalue weighted by molar-refractivity contribution is -0.138. The highest BCUT2D eigenvalue weighted by atomic mass is 16.5. The first-order chi connectivity index (χ1) is 13.0. The summed E-state index contributed by atoms with van der Waals surface area (Å²) in [7, 11) is 2.36. The van der Waals surface area contributed by atoms with Crippen molar-refractivity contribution in [2.75, 3.05) is 19.5 Å². The number of phenols is 1. The second-order valence-electron chi connectivity index (χ2n) is 5.27. The maximum Gasteiger partial charge on any atom is 0.354 e. The van der Waals surface area contributed by atoms with Gasteiger partial charge in [0.05, 0.1) is 25.9 Å². The van der Waals surface area contributed by atoms with Crippen molar-refractivity contribution in [2.45, 2.75) is 0 Å². The molecule has 9 nitrogen and oxygen atoms in total. The number of fused-ring (bicyclic) bond motifs is 1. The van der Waals surface area contributed by atoms with Crippen LogP contribution in [-0.4, -0.2) is 41.2 Å². The Morgan fingerprint density at radius 1 is 1.22 bits per heavy atom. The molecular weight excluding hydrogens is 354 g/mol. The molecule has 2 aromatic heterocycles. The third-order valence-electron chi connectivity index (χ3n) is 3.54. The van der Waals surface area contributed by atoms with Crippen LogP contribution in [0, 0.1) is 0 Å². The predicted octanol–water partition coefficient (Wildman–Crippen LogP) is 2.24. The summed E-state index contributed by atoms with van der Waals surface area (Å²) >= 11 is 0. The van der Waals surface area contributed by atoms with Crippen LogP contribution in [0.2, 0.25) is 0 Å². The number of hydrogen-bond donors (Lipinski definition) is 2. The summed E-state index contributed by atoms with van der Waals surface area (Å²) in [5.41, 5.74) is 1.44. The Morgan fingerprint density at radius 2 is 2.04 bits per heavy atom. The molecule has 0 saturated carbocycles. The van der Waals surface area contributed by atoms with Crippen LogP contribution < -0.4 is 5.32 Å². The summed E-state index contributed by atoms with van der Waals surface area (Å²) < 4.78 is 14.7. The van der Waals surface area contributed by atoms with Gasteiger partial charge in [-0.1, -0.05) is 0 Å². The van der Waals surface area contributed by atoms with Crippen LogP contribution in [-0.2, 0) is 19.1 Å². The Labute approximate surface area is 153 Å². The van der Waals surface area contributed by atoms with Gasteiger partial charge in [0.15, 0.2) is 11.2 Å². The number of pyridine rings is 1. The molecule has 9 heteroatoms. The molecule has 1 aromatic carbocycles. The Kier molecular flexibility index (Phi) is 5.02. The van der Waals surface area contributed by atoms with Gasteiger partial charge in [-0.05, 0) is 24.3 Å². The van der Waals surface area contributed by atoms with Crippen molar-refractivity contribution in [1.82, 2.24) is 9.97 Å². The van der Waals surface area contributed by atoms with Gasteiger partial charge in [0.1, 0.15) is 11.4 Å². The topological polar surface area (TPSA) is 124 Å². The van der Waals surface area contributed by atoms with E-state index in [1.54, 1.807) is 30.5 Å². The minimum absolute atomic E-state index is 0.145. The van der Waals surface area contributed by atoms with Gasteiger partial charge in [0.2, 0.25) is 5.89 Å². The van der Waals surface area contributed by atoms with Gasteiger partial charge in [0.25, 0.3) is 0 Å². The molecule has 3 rings (SSSR count). The first kappa shape index (κ1) is 17.9. The summed E-state index contributed by atoms with van der Waals surface area (Å²) in [6, 6.07) is 7.91. The van der Waals surface area contributed by atoms with Crippen molar-refractivity contribution in [1.29, 1.82) is 0 Å². The monoisotopic (exact) mass is 369 g/mol. The lowest BCUT2D eigenvalue weighted by Crippen LogP contribution is -2.15. The van der Waals surface area contributed by atoms with Crippen LogP contribution in [0.1, 0.15) is 0 Å². The maximum atomic E-state index is 11.8. The molecule has 27 heavy (non-hydrogen) atoms. The molecule has 2 heterocycles. The van der Waals surface area contributed by atoms with E-state index in [9.17, 15) is 14.7 Å². The molecule has 0 unspecified atom stereocenters. The van der Waals surface area contributed by atoms with Gasteiger partial charge in [-0.15, -0.1) is 0 Å². The zero-order chi connectivity index (χ0) is 19.4. The van der Waals surface area contributed by atoms with E-state index in [4.69, 9.17) is 4.42 Å². The number of methoxy groups -OCH3 is 2. The number of oxazole rings is 1. The van der Waals surface area contributed by atoms with Crippen LogP contribution in [0.3, 0.4) is 0 Å². The van der Waals surface area contributed by atoms with E-state index in [-0.39, 0.29) is 17.3 Å². The Bertz CT molecular complexity index is 1010. The van der Waals surface area contributed by atoms with Crippen LogP contribution in [0.5, 0.6) is 5.75 Å². The minimum Gasteiger partial charge on any atom is -0.507 e. The number of hydrogen-bond acceptors (Lipinski definition) is 9. The molecule has 138 valence electrons. The summed E-state index contributed by atoms with van der Waals surface area (Å²) in [5.74, 6) is -1.45. The van der Waals surface area contributed by atoms with Gasteiger partial charge in [-0.2, -0.15) is 4.98 Å². The fraction of sp³-hybridized carbons (Fsp3) is 0.111. The zero-order valence-electron chi connectivity index (χ0n) is 14.4. The smallest absolute Gasteiger partial charge is 0.354 e. The number of aromatic nitrogens is 2. The molecule has 0 saturated heterocycles. The Balaban J connectivity index is 1.90. The van der Waals surface area contributed by atoms with E-state index in [1.807, 2.05) is 0 Å². The van der Waals surface area contributed by atoms with E-state index < -0.39 is 11.9 Å². The molecule has 0 bridgehead atoms. The number of benzene rings is 1. The van der Waals surface area contributed by atoms with Crippen LogP contribution in [0.15, 0.2) is 52.7 Å². The van der Waals surface area contributed by atoms with E-state index in [0.29, 0.717) is 22.5 Å². The molecule has 0 amide bonds. The van der Waals surface area contributed by atoms with Gasteiger partial charge >= 0.3 is 11.9 Å². The maximum absolute atomic E-state index is 11.8. The number of ether oxygens (including phenoxy) is 2. The van der Waals surface area contributed by atoms with E-state index in [2.05, 4.69) is 24.8 Å². The molecule has 0 aliphatic heterocycles. The van der Waals surface area contributed by atoms with E-state index >= 15 is 0 Å². The zero-order valence-corrected chi connectivity index (χ0v) is 14.4. The second-order valence-corrected chi connectivity index (χ2v) is 5.27. The number of nitrogens with one attached hydrogen (secondary N) is 1. The van der Waals surface area contributed by atoms with E-state index in [0.717, 1.165) is 6.08 Å². The third kappa shape index (κ3) is 3.87. The number of carbonyl (C=O) groups excluding carboxylic acids is 2. The second kappa shape index (κ2) is 7.56. The standard InChI is InChI=1S/C18H15N3O6/c1-25-15(23)9-12(18(24)26-2)20-10-5-6-11(13(22)8-10)17-21-16-14(27-17)4-3-7-19-16/h3-9,20,22H,1-2H3/b12-9+. The number of aromatic hydroxyl groups is 1. The lowest BCUT2D eigenvalue weighted by atomic mass is 10.1. The van der Waals surface area contributed by atoms with Crippen molar-refractivity contribution < 1.29 is 28.6 Å². The van der Waals surface area contributed by atoms with Crippen molar-refractivity contribution >= 4 is 28.9 Å². The molecule has 2 N–H and O–H groups in total. The normalized spacial score (nSPS) is 11.3. The van der Waals surface area contributed by atoms with Gasteiger partial charge in [0, 0.05) is 18.0 Å². The van der Waals surface area contributed by atoms with Gasteiger partial charge in [-0.3, -0.25) is 0 Å². The summed E-state index contributed by atoms with van der Waals surface area (Å²) in [6.07, 6.45) is 2.53. The molecule has 0 atom stereocenters. The van der Waals surface area contributed by atoms with Crippen molar-refractivity contribution in [3.63, 3.8) is 0 Å². The van der Waals surface area contributed by atoms with Crippen LogP contribution in [0.25, 0.3) is 22.7 Å². The number of carbonyl (C=O) groups is 2. The highest BCUT2D eigenvalue weighted by Gasteiger charge is 2.16. The Hall–Kier alpha value is -3.88. The first-order valence-corrected chi connectivity index (χ1v) is 7.71. The molecule has 0 radical (unpaired) electrons. The third-order valence-corrected chi connectivity index (χ3v) is 3.54. The molecule has 0 fully saturated rings. The van der Waals surface area contributed by atoms with Crippen molar-refractivity contribution in [2.24, 2.45) is 0 Å². The summed E-state index contributed by atoms with van der Waals surface area (Å²) in [5, 5.41) is 13.0. The molecular formula is C18H15N3O6. The molecule has 0 aliphatic rings. The van der Waals surface area contributed by atoms with Crippen molar-refractivity contribution in [3.8, 4) is 17.2 Å². The van der Waals surface area contributed by atoms with Crippen LogP contribution in [0.4, 0.5) is 5.69 Å². The lowest BCUT2D eigenvalue weighted by Gasteiger charge is -2.10. The van der Waals surface area contributed by atoms with Gasteiger partial charge in [-0.25, -0.2) is 14.6 Å². The Morgan fingerprint density at radius 3 is 2.70 bits per heavy atom. The average Bonchev–Trinajstić information content (AvgIpc) is 3.10. The van der Waals surface area contributed by atoms with Gasteiger partial charge < -0.3 is 24.3 Å². The number of nitrogens with zero attached hydrogens (tertiary/aromatic N) is 2. The number of esters is 2. The highest BCUT2D eigenvalue weighted by molar-refractivity contribution is 5.98. The molecule has 3 aromatic rings. The summed E-state index contributed by atoms with van der Waals surface area (Å²) in [6.45, 7) is 0. The number of phenolic OH excluding ortho intramolecular Hbond substituents is 1. The van der Waals surface area contributed by atoms with Crippen LogP contribution >= 0.6 is 0 Å².